The van der Waals surface area contributed by atoms with E-state index in [0.29, 0.717) is 24.7 Å². The molecule has 0 spiro atoms. The van der Waals surface area contributed by atoms with Gasteiger partial charge < -0.3 is 4.74 Å². The fraction of sp³-hybridized carbons (Fsp3) is 0.429. The van der Waals surface area contributed by atoms with Crippen LogP contribution in [0.15, 0.2) is 54.9 Å². The van der Waals surface area contributed by atoms with Crippen LogP contribution in [-0.2, 0) is 4.74 Å². The molecular weight excluding hydrogens is 314 g/mol. The molecule has 4 heteroatoms. The van der Waals surface area contributed by atoms with E-state index in [2.05, 4.69) is 26.0 Å². The minimum absolute atomic E-state index is 0.277. The number of hydrogen-bond acceptors (Lipinski definition) is 3. The van der Waals surface area contributed by atoms with Crippen LogP contribution in [-0.4, -0.2) is 19.2 Å². The third-order valence-corrected chi connectivity index (χ3v) is 4.11. The monoisotopic (exact) mass is 342 g/mol. The summed E-state index contributed by atoms with van der Waals surface area (Å²) in [6.07, 6.45) is 7.87. The number of ether oxygens (including phenoxy) is 1. The van der Waals surface area contributed by atoms with Gasteiger partial charge in [0.2, 0.25) is 12.4 Å². The molecular formula is C21H28NO3+. The molecule has 0 N–H and O–H groups in total. The molecule has 0 aliphatic rings. The molecule has 2 rings (SSSR count). The van der Waals surface area contributed by atoms with Gasteiger partial charge >= 0.3 is 5.97 Å². The van der Waals surface area contributed by atoms with E-state index in [9.17, 15) is 4.79 Å². The second-order valence-electron chi connectivity index (χ2n) is 6.25. The van der Waals surface area contributed by atoms with E-state index in [-0.39, 0.29) is 5.97 Å². The van der Waals surface area contributed by atoms with Crippen LogP contribution in [0.5, 0.6) is 0 Å². The van der Waals surface area contributed by atoms with Crippen LogP contribution in [0.2, 0.25) is 0 Å². The SMILES string of the molecule is CCCCCCOC(=O)c1cc[n+](OCC(C)c2ccccc2)cc1. The third kappa shape index (κ3) is 6.57. The molecule has 1 unspecified atom stereocenters. The minimum Gasteiger partial charge on any atom is -0.462 e. The van der Waals surface area contributed by atoms with Crippen LogP contribution < -0.4 is 9.57 Å². The van der Waals surface area contributed by atoms with Gasteiger partial charge in [-0.2, -0.15) is 0 Å². The van der Waals surface area contributed by atoms with Crippen LogP contribution in [0.25, 0.3) is 0 Å². The van der Waals surface area contributed by atoms with Gasteiger partial charge in [-0.1, -0.05) is 63.4 Å². The van der Waals surface area contributed by atoms with Gasteiger partial charge in [-0.3, -0.25) is 4.84 Å². The molecule has 0 saturated carbocycles. The van der Waals surface area contributed by atoms with Crippen molar-refractivity contribution in [2.45, 2.75) is 45.4 Å². The summed E-state index contributed by atoms with van der Waals surface area (Å²) in [6, 6.07) is 13.7. The fourth-order valence-corrected chi connectivity index (χ4v) is 2.49. The van der Waals surface area contributed by atoms with Crippen LogP contribution in [0.4, 0.5) is 0 Å². The van der Waals surface area contributed by atoms with Crippen molar-refractivity contribution < 1.29 is 19.1 Å². The Morgan fingerprint density at radius 3 is 2.44 bits per heavy atom. The Kier molecular flexibility index (Phi) is 7.96. The summed E-state index contributed by atoms with van der Waals surface area (Å²) in [7, 11) is 0. The van der Waals surface area contributed by atoms with Gasteiger partial charge in [-0.25, -0.2) is 4.79 Å². The summed E-state index contributed by atoms with van der Waals surface area (Å²) in [5.74, 6) is 0.0164. The van der Waals surface area contributed by atoms with Crippen LogP contribution in [0, 0.1) is 0 Å². The average Bonchev–Trinajstić information content (AvgIpc) is 2.67. The fourth-order valence-electron chi connectivity index (χ4n) is 2.49. The predicted octanol–water partition coefficient (Wildman–Crippen LogP) is 3.94. The highest BCUT2D eigenvalue weighted by atomic mass is 16.7. The smallest absolute Gasteiger partial charge is 0.338 e. The molecule has 0 bridgehead atoms. The van der Waals surface area contributed by atoms with Crippen LogP contribution >= 0.6 is 0 Å². The molecule has 1 atom stereocenters. The molecule has 0 saturated heterocycles. The molecule has 1 aromatic carbocycles. The highest BCUT2D eigenvalue weighted by molar-refractivity contribution is 5.88. The number of esters is 1. The molecule has 0 amide bonds. The standard InChI is InChI=1S/C21H28NO3/c1-3-4-5-9-16-24-21(23)20-12-14-22(15-13-20)25-17-18(2)19-10-7-6-8-11-19/h6-8,10-15,18H,3-5,9,16-17H2,1-2H3/q+1. The first-order valence-corrected chi connectivity index (χ1v) is 9.07. The van der Waals surface area contributed by atoms with E-state index >= 15 is 0 Å². The number of benzene rings is 1. The van der Waals surface area contributed by atoms with Crippen molar-refractivity contribution >= 4 is 5.97 Å². The van der Waals surface area contributed by atoms with E-state index in [0.717, 1.165) is 12.8 Å². The quantitative estimate of drug-likeness (QED) is 0.373. The van der Waals surface area contributed by atoms with E-state index in [4.69, 9.17) is 9.57 Å². The largest absolute Gasteiger partial charge is 0.462 e. The maximum atomic E-state index is 12.0. The van der Waals surface area contributed by atoms with Gasteiger partial charge in [0.1, 0.15) is 0 Å². The first kappa shape index (κ1) is 19.0. The summed E-state index contributed by atoms with van der Waals surface area (Å²) in [5.41, 5.74) is 1.79. The van der Waals surface area contributed by atoms with Crippen molar-refractivity contribution in [3.63, 3.8) is 0 Å². The number of unbranched alkanes of at least 4 members (excludes halogenated alkanes) is 3. The topological polar surface area (TPSA) is 39.4 Å². The molecule has 1 heterocycles. The molecule has 25 heavy (non-hydrogen) atoms. The van der Waals surface area contributed by atoms with Crippen molar-refractivity contribution in [3.05, 3.63) is 66.0 Å². The lowest BCUT2D eigenvalue weighted by Crippen LogP contribution is -2.43. The third-order valence-electron chi connectivity index (χ3n) is 4.11. The number of aromatic nitrogens is 1. The number of carbonyl (C=O) groups excluding carboxylic acids is 1. The van der Waals surface area contributed by atoms with E-state index in [1.807, 2.05) is 18.2 Å². The van der Waals surface area contributed by atoms with Crippen molar-refractivity contribution in [2.24, 2.45) is 0 Å². The summed E-state index contributed by atoms with van der Waals surface area (Å²) in [6.45, 7) is 5.34. The number of carbonyl (C=O) groups is 1. The van der Waals surface area contributed by atoms with Crippen LogP contribution in [0.1, 0.15) is 61.4 Å². The Morgan fingerprint density at radius 2 is 1.76 bits per heavy atom. The molecule has 2 aromatic rings. The zero-order valence-corrected chi connectivity index (χ0v) is 15.2. The molecule has 0 radical (unpaired) electrons. The first-order chi connectivity index (χ1) is 12.2. The van der Waals surface area contributed by atoms with E-state index in [1.54, 1.807) is 29.3 Å². The maximum Gasteiger partial charge on any atom is 0.338 e. The maximum absolute atomic E-state index is 12.0. The van der Waals surface area contributed by atoms with E-state index in [1.165, 1.54) is 18.4 Å². The molecule has 4 nitrogen and oxygen atoms in total. The summed E-state index contributed by atoms with van der Waals surface area (Å²) < 4.78 is 6.90. The van der Waals surface area contributed by atoms with Crippen molar-refractivity contribution in [2.75, 3.05) is 13.2 Å². The lowest BCUT2D eigenvalue weighted by atomic mass is 10.0. The van der Waals surface area contributed by atoms with Crippen molar-refractivity contribution in [1.29, 1.82) is 0 Å². The predicted molar refractivity (Wildman–Crippen MR) is 97.4 cm³/mol. The van der Waals surface area contributed by atoms with Gasteiger partial charge in [0.25, 0.3) is 0 Å². The summed E-state index contributed by atoms with van der Waals surface area (Å²) in [4.78, 5) is 17.7. The zero-order chi connectivity index (χ0) is 17.9. The summed E-state index contributed by atoms with van der Waals surface area (Å²) in [5, 5.41) is 0. The van der Waals surface area contributed by atoms with Crippen LogP contribution in [0.3, 0.4) is 0 Å². The van der Waals surface area contributed by atoms with Gasteiger partial charge in [-0.15, -0.1) is 0 Å². The zero-order valence-electron chi connectivity index (χ0n) is 15.2. The Morgan fingerprint density at radius 1 is 1.04 bits per heavy atom. The minimum atomic E-state index is -0.277. The normalized spacial score (nSPS) is 11.8. The molecule has 134 valence electrons. The lowest BCUT2D eigenvalue weighted by Gasteiger charge is -2.09. The Hall–Kier alpha value is -2.36. The lowest BCUT2D eigenvalue weighted by molar-refractivity contribution is -0.891. The molecule has 1 aromatic heterocycles. The Balaban J connectivity index is 1.76. The second-order valence-corrected chi connectivity index (χ2v) is 6.25. The first-order valence-electron chi connectivity index (χ1n) is 9.07. The summed E-state index contributed by atoms with van der Waals surface area (Å²) >= 11 is 0. The van der Waals surface area contributed by atoms with Gasteiger partial charge in [-0.05, 0) is 12.0 Å². The molecule has 0 fully saturated rings. The number of hydrogen-bond donors (Lipinski definition) is 0. The number of pyridine rings is 1. The number of rotatable bonds is 10. The Bertz CT molecular complexity index is 625. The highest BCUT2D eigenvalue weighted by Crippen LogP contribution is 2.13. The van der Waals surface area contributed by atoms with Crippen molar-refractivity contribution in [1.82, 2.24) is 0 Å². The van der Waals surface area contributed by atoms with Gasteiger partial charge in [0.05, 0.1) is 12.2 Å². The molecule has 0 aliphatic heterocycles. The van der Waals surface area contributed by atoms with Gasteiger partial charge in [0.15, 0.2) is 6.61 Å². The molecule has 0 aliphatic carbocycles. The average molecular weight is 342 g/mol. The highest BCUT2D eigenvalue weighted by Gasteiger charge is 2.12. The van der Waals surface area contributed by atoms with Gasteiger partial charge in [0, 0.05) is 22.8 Å². The van der Waals surface area contributed by atoms with Crippen molar-refractivity contribution in [3.8, 4) is 0 Å². The van der Waals surface area contributed by atoms with E-state index < -0.39 is 0 Å². The second kappa shape index (κ2) is 10.5. The Labute approximate surface area is 150 Å². The number of nitrogens with zero attached hydrogens (tertiary/aromatic N) is 1.